The van der Waals surface area contributed by atoms with E-state index in [1.54, 1.807) is 11.8 Å². The van der Waals surface area contributed by atoms with Crippen molar-refractivity contribution in [3.8, 4) is 0 Å². The maximum Gasteiger partial charge on any atom is 0.305 e. The monoisotopic (exact) mass is 309 g/mol. The Morgan fingerprint density at radius 2 is 1.81 bits per heavy atom. The highest BCUT2D eigenvalue weighted by atomic mass is 32.2. The first kappa shape index (κ1) is 17.6. The number of nitrogens with one attached hydrogen (secondary N) is 1. The topological polar surface area (TPSA) is 66.4 Å². The summed E-state index contributed by atoms with van der Waals surface area (Å²) in [6.45, 7) is 3.82. The lowest BCUT2D eigenvalue weighted by molar-refractivity contribution is -0.139. The van der Waals surface area contributed by atoms with E-state index in [-0.39, 0.29) is 12.3 Å². The van der Waals surface area contributed by atoms with Crippen molar-refractivity contribution in [2.75, 3.05) is 5.75 Å². The van der Waals surface area contributed by atoms with Crippen molar-refractivity contribution in [3.63, 3.8) is 0 Å². The largest absolute Gasteiger partial charge is 0.481 e. The molecule has 0 aromatic heterocycles. The molecule has 0 bridgehead atoms. The van der Waals surface area contributed by atoms with Gasteiger partial charge in [0.05, 0.1) is 6.42 Å². The van der Waals surface area contributed by atoms with Crippen LogP contribution in [0.5, 0.6) is 0 Å². The van der Waals surface area contributed by atoms with Crippen molar-refractivity contribution in [3.05, 3.63) is 30.3 Å². The Balaban J connectivity index is 2.45. The van der Waals surface area contributed by atoms with Crippen LogP contribution in [0.25, 0.3) is 0 Å². The van der Waals surface area contributed by atoms with Crippen LogP contribution in [0.2, 0.25) is 0 Å². The van der Waals surface area contributed by atoms with E-state index in [9.17, 15) is 9.59 Å². The maximum absolute atomic E-state index is 12.0. The molecule has 2 N–H and O–H groups in total. The van der Waals surface area contributed by atoms with Crippen LogP contribution in [-0.2, 0) is 9.59 Å². The molecule has 0 aliphatic heterocycles. The van der Waals surface area contributed by atoms with E-state index in [1.165, 1.54) is 0 Å². The summed E-state index contributed by atoms with van der Waals surface area (Å²) in [4.78, 5) is 24.1. The van der Waals surface area contributed by atoms with Gasteiger partial charge in [-0.2, -0.15) is 0 Å². The van der Waals surface area contributed by atoms with Gasteiger partial charge in [0.1, 0.15) is 0 Å². The molecule has 0 atom stereocenters. The molecule has 0 unspecified atom stereocenters. The molecule has 116 valence electrons. The van der Waals surface area contributed by atoms with Crippen molar-refractivity contribution in [2.45, 2.75) is 50.0 Å². The summed E-state index contributed by atoms with van der Waals surface area (Å²) in [6.07, 6.45) is 1.60. The van der Waals surface area contributed by atoms with Gasteiger partial charge in [-0.3, -0.25) is 9.59 Å². The summed E-state index contributed by atoms with van der Waals surface area (Å²) in [5, 5.41) is 11.9. The molecule has 21 heavy (non-hydrogen) atoms. The normalized spacial score (nSPS) is 11.1. The summed E-state index contributed by atoms with van der Waals surface area (Å²) in [5.74, 6) is -0.270. The second-order valence-corrected chi connectivity index (χ2v) is 6.19. The highest BCUT2D eigenvalue weighted by Gasteiger charge is 2.30. The van der Waals surface area contributed by atoms with Gasteiger partial charge in [0.2, 0.25) is 5.91 Å². The highest BCUT2D eigenvalue weighted by molar-refractivity contribution is 7.99. The highest BCUT2D eigenvalue weighted by Crippen LogP contribution is 2.21. The Morgan fingerprint density at radius 1 is 1.19 bits per heavy atom. The van der Waals surface area contributed by atoms with E-state index >= 15 is 0 Å². The standard InChI is InChI=1S/C16H23NO3S/c1-3-16(4-2,12-15(19)20)17-14(18)10-11-21-13-8-6-5-7-9-13/h5-9H,3-4,10-12H2,1-2H3,(H,17,18)(H,19,20). The van der Waals surface area contributed by atoms with Crippen LogP contribution in [0, 0.1) is 0 Å². The summed E-state index contributed by atoms with van der Waals surface area (Å²) >= 11 is 1.63. The van der Waals surface area contributed by atoms with E-state index < -0.39 is 11.5 Å². The van der Waals surface area contributed by atoms with E-state index in [0.29, 0.717) is 25.0 Å². The molecule has 1 amide bonds. The molecule has 5 heteroatoms. The van der Waals surface area contributed by atoms with Gasteiger partial charge in [0.15, 0.2) is 0 Å². The van der Waals surface area contributed by atoms with Crippen LogP contribution in [0.15, 0.2) is 35.2 Å². The third-order valence-electron chi connectivity index (χ3n) is 3.59. The van der Waals surface area contributed by atoms with E-state index in [4.69, 9.17) is 5.11 Å². The molecule has 1 aromatic rings. The summed E-state index contributed by atoms with van der Waals surface area (Å²) in [6, 6.07) is 9.91. The van der Waals surface area contributed by atoms with E-state index in [2.05, 4.69) is 5.32 Å². The molecule has 0 fully saturated rings. The van der Waals surface area contributed by atoms with Crippen molar-refractivity contribution < 1.29 is 14.7 Å². The van der Waals surface area contributed by atoms with E-state index in [1.807, 2.05) is 44.2 Å². The lowest BCUT2D eigenvalue weighted by atomic mass is 9.89. The number of carboxylic acid groups (broad SMARTS) is 1. The molecule has 0 saturated heterocycles. The molecule has 0 aliphatic carbocycles. The summed E-state index contributed by atoms with van der Waals surface area (Å²) in [7, 11) is 0. The first-order valence-corrected chi connectivity index (χ1v) is 8.20. The zero-order chi connectivity index (χ0) is 15.7. The minimum atomic E-state index is -0.877. The number of carbonyl (C=O) groups excluding carboxylic acids is 1. The number of aliphatic carboxylic acids is 1. The quantitative estimate of drug-likeness (QED) is 0.687. The number of benzene rings is 1. The molecule has 0 radical (unpaired) electrons. The molecule has 1 rings (SSSR count). The zero-order valence-electron chi connectivity index (χ0n) is 12.6. The van der Waals surface area contributed by atoms with Crippen LogP contribution >= 0.6 is 11.8 Å². The van der Waals surface area contributed by atoms with Gasteiger partial charge in [-0.15, -0.1) is 11.8 Å². The predicted octanol–water partition coefficient (Wildman–Crippen LogP) is 3.32. The van der Waals surface area contributed by atoms with Crippen molar-refractivity contribution in [1.29, 1.82) is 0 Å². The fourth-order valence-electron chi connectivity index (χ4n) is 2.15. The molecule has 0 spiro atoms. The van der Waals surface area contributed by atoms with Crippen molar-refractivity contribution >= 4 is 23.6 Å². The minimum Gasteiger partial charge on any atom is -0.481 e. The minimum absolute atomic E-state index is 0.0302. The molecular weight excluding hydrogens is 286 g/mol. The first-order chi connectivity index (χ1) is 10.0. The zero-order valence-corrected chi connectivity index (χ0v) is 13.4. The van der Waals surface area contributed by atoms with Crippen molar-refractivity contribution in [2.24, 2.45) is 0 Å². The molecule has 0 aliphatic rings. The number of hydrogen-bond donors (Lipinski definition) is 2. The van der Waals surface area contributed by atoms with Gasteiger partial charge in [0, 0.05) is 22.6 Å². The van der Waals surface area contributed by atoms with Gasteiger partial charge >= 0.3 is 5.97 Å². The molecule has 1 aromatic carbocycles. The number of rotatable bonds is 9. The smallest absolute Gasteiger partial charge is 0.305 e. The summed E-state index contributed by atoms with van der Waals surface area (Å²) in [5.41, 5.74) is -0.625. The third kappa shape index (κ3) is 6.21. The maximum atomic E-state index is 12.0. The number of carboxylic acids is 1. The van der Waals surface area contributed by atoms with Gasteiger partial charge in [-0.1, -0.05) is 32.0 Å². The fraction of sp³-hybridized carbons (Fsp3) is 0.500. The SMILES string of the molecule is CCC(CC)(CC(=O)O)NC(=O)CCSc1ccccc1. The Labute approximate surface area is 130 Å². The van der Waals surface area contributed by atoms with Crippen molar-refractivity contribution in [1.82, 2.24) is 5.32 Å². The Hall–Kier alpha value is -1.49. The molecular formula is C16H23NO3S. The average molecular weight is 309 g/mol. The van der Waals surface area contributed by atoms with Crippen LogP contribution in [0.3, 0.4) is 0 Å². The Kier molecular flexibility index (Phi) is 7.29. The van der Waals surface area contributed by atoms with Crippen LogP contribution in [-0.4, -0.2) is 28.3 Å². The predicted molar refractivity (Wildman–Crippen MR) is 85.5 cm³/mol. The fourth-order valence-corrected chi connectivity index (χ4v) is 3.02. The first-order valence-electron chi connectivity index (χ1n) is 7.22. The van der Waals surface area contributed by atoms with E-state index in [0.717, 1.165) is 4.90 Å². The second-order valence-electron chi connectivity index (χ2n) is 5.02. The third-order valence-corrected chi connectivity index (χ3v) is 4.60. The second kappa shape index (κ2) is 8.72. The Morgan fingerprint density at radius 3 is 2.33 bits per heavy atom. The molecule has 0 saturated carbocycles. The van der Waals surface area contributed by atoms with Gasteiger partial charge in [-0.25, -0.2) is 0 Å². The number of hydrogen-bond acceptors (Lipinski definition) is 3. The number of carbonyl (C=O) groups is 2. The van der Waals surface area contributed by atoms with Gasteiger partial charge in [-0.05, 0) is 25.0 Å². The molecule has 4 nitrogen and oxygen atoms in total. The number of amides is 1. The lowest BCUT2D eigenvalue weighted by Crippen LogP contribution is -2.49. The van der Waals surface area contributed by atoms with Crippen LogP contribution < -0.4 is 5.32 Å². The summed E-state index contributed by atoms with van der Waals surface area (Å²) < 4.78 is 0. The molecule has 0 heterocycles. The van der Waals surface area contributed by atoms with Crippen LogP contribution in [0.4, 0.5) is 0 Å². The number of thioether (sulfide) groups is 1. The van der Waals surface area contributed by atoms with Gasteiger partial charge < -0.3 is 10.4 Å². The Bertz CT molecular complexity index is 458. The van der Waals surface area contributed by atoms with Gasteiger partial charge in [0.25, 0.3) is 0 Å². The average Bonchev–Trinajstić information content (AvgIpc) is 2.47. The lowest BCUT2D eigenvalue weighted by Gasteiger charge is -2.31. The van der Waals surface area contributed by atoms with Crippen LogP contribution in [0.1, 0.15) is 39.5 Å².